The molecule has 2 aromatic carbocycles. The molecule has 5 rings (SSSR count). The third-order valence-corrected chi connectivity index (χ3v) is 7.94. The Bertz CT molecular complexity index is 1380. The van der Waals surface area contributed by atoms with Gasteiger partial charge in [0.25, 0.3) is 5.91 Å². The zero-order chi connectivity index (χ0) is 25.2. The predicted molar refractivity (Wildman–Crippen MR) is 143 cm³/mol. The van der Waals surface area contributed by atoms with Crippen LogP contribution < -0.4 is 0 Å². The Morgan fingerprint density at radius 1 is 1.08 bits per heavy atom. The van der Waals surface area contributed by atoms with Crippen molar-refractivity contribution in [1.82, 2.24) is 9.80 Å². The van der Waals surface area contributed by atoms with E-state index in [-0.39, 0.29) is 30.9 Å². The van der Waals surface area contributed by atoms with E-state index in [1.807, 2.05) is 41.5 Å². The molecule has 4 aromatic rings. The Morgan fingerprint density at radius 2 is 1.89 bits per heavy atom. The number of hydrogen-bond donors (Lipinski definition) is 0. The Balaban J connectivity index is 1.46. The number of rotatable bonds is 6. The van der Waals surface area contributed by atoms with Crippen LogP contribution in [0.4, 0.5) is 0 Å². The van der Waals surface area contributed by atoms with E-state index >= 15 is 0 Å². The monoisotopic (exact) mass is 538 g/mol. The Hall–Kier alpha value is -3.06. The fourth-order valence-electron chi connectivity index (χ4n) is 4.57. The second kappa shape index (κ2) is 10.5. The summed E-state index contributed by atoms with van der Waals surface area (Å²) in [7, 11) is 0. The highest BCUT2D eigenvalue weighted by Gasteiger charge is 2.35. The van der Waals surface area contributed by atoms with Gasteiger partial charge in [0, 0.05) is 27.0 Å². The second-order valence-corrected chi connectivity index (χ2v) is 10.7. The molecule has 3 heterocycles. The molecule has 0 radical (unpaired) electrons. The van der Waals surface area contributed by atoms with E-state index < -0.39 is 0 Å². The first-order valence-corrected chi connectivity index (χ1v) is 13.2. The van der Waals surface area contributed by atoms with E-state index in [2.05, 4.69) is 0 Å². The molecule has 0 bridgehead atoms. The summed E-state index contributed by atoms with van der Waals surface area (Å²) >= 11 is 14.5. The first-order valence-electron chi connectivity index (χ1n) is 11.6. The average Bonchev–Trinajstić information content (AvgIpc) is 3.55. The normalized spacial score (nSPS) is 15.0. The van der Waals surface area contributed by atoms with E-state index in [9.17, 15) is 9.59 Å². The van der Waals surface area contributed by atoms with Crippen LogP contribution in [0.1, 0.15) is 43.7 Å². The van der Waals surface area contributed by atoms with E-state index in [1.165, 1.54) is 9.78 Å². The van der Waals surface area contributed by atoms with E-state index in [4.69, 9.17) is 27.6 Å². The number of aryl methyl sites for hydroxylation is 1. The van der Waals surface area contributed by atoms with Crippen LogP contribution in [0.2, 0.25) is 10.0 Å². The zero-order valence-electron chi connectivity index (χ0n) is 19.6. The van der Waals surface area contributed by atoms with Crippen molar-refractivity contribution >= 4 is 46.4 Å². The third-order valence-electron chi connectivity index (χ3n) is 6.38. The largest absolute Gasteiger partial charge is 0.467 e. The number of carbonyl (C=O) groups excluding carboxylic acids is 2. The molecule has 0 saturated heterocycles. The van der Waals surface area contributed by atoms with Gasteiger partial charge in [-0.3, -0.25) is 9.59 Å². The first-order chi connectivity index (χ1) is 17.4. The molecule has 1 aliphatic heterocycles. The number of halogens is 2. The molecule has 5 nitrogen and oxygen atoms in total. The molecule has 2 amide bonds. The molecule has 36 heavy (non-hydrogen) atoms. The van der Waals surface area contributed by atoms with Gasteiger partial charge in [-0.1, -0.05) is 47.0 Å². The molecule has 1 aliphatic rings. The zero-order valence-corrected chi connectivity index (χ0v) is 21.9. The van der Waals surface area contributed by atoms with Gasteiger partial charge in [0.2, 0.25) is 5.91 Å². The van der Waals surface area contributed by atoms with Crippen molar-refractivity contribution in [2.75, 3.05) is 13.1 Å². The maximum absolute atomic E-state index is 13.9. The average molecular weight is 539 g/mol. The molecule has 0 fully saturated rings. The van der Waals surface area contributed by atoms with Crippen LogP contribution in [0.3, 0.4) is 0 Å². The number of nitrogens with zero attached hydrogens (tertiary/aromatic N) is 2. The van der Waals surface area contributed by atoms with Crippen molar-refractivity contribution in [3.05, 3.63) is 115 Å². The minimum atomic E-state index is -0.350. The highest BCUT2D eigenvalue weighted by molar-refractivity contribution is 7.10. The van der Waals surface area contributed by atoms with Gasteiger partial charge in [-0.2, -0.15) is 0 Å². The van der Waals surface area contributed by atoms with Crippen LogP contribution in [0.25, 0.3) is 0 Å². The fourth-order valence-corrected chi connectivity index (χ4v) is 5.98. The first kappa shape index (κ1) is 24.6. The summed E-state index contributed by atoms with van der Waals surface area (Å²) in [6, 6.07) is 18.0. The van der Waals surface area contributed by atoms with Crippen LogP contribution >= 0.6 is 34.5 Å². The van der Waals surface area contributed by atoms with Gasteiger partial charge in [0.05, 0.1) is 18.8 Å². The molecule has 8 heteroatoms. The number of carbonyl (C=O) groups is 2. The van der Waals surface area contributed by atoms with Crippen LogP contribution in [0.15, 0.2) is 76.7 Å². The maximum Gasteiger partial charge on any atom is 0.254 e. The summed E-state index contributed by atoms with van der Waals surface area (Å²) < 4.78 is 5.50. The molecular weight excluding hydrogens is 515 g/mol. The van der Waals surface area contributed by atoms with Gasteiger partial charge in [-0.05, 0) is 72.3 Å². The van der Waals surface area contributed by atoms with Gasteiger partial charge in [-0.25, -0.2) is 0 Å². The topological polar surface area (TPSA) is 53.8 Å². The van der Waals surface area contributed by atoms with Crippen LogP contribution in [0.5, 0.6) is 0 Å². The lowest BCUT2D eigenvalue weighted by Crippen LogP contribution is -2.46. The van der Waals surface area contributed by atoms with Crippen LogP contribution in [-0.4, -0.2) is 34.7 Å². The van der Waals surface area contributed by atoms with Gasteiger partial charge >= 0.3 is 0 Å². The molecule has 0 saturated carbocycles. The van der Waals surface area contributed by atoms with E-state index in [0.717, 1.165) is 23.1 Å². The summed E-state index contributed by atoms with van der Waals surface area (Å²) in [5.41, 5.74) is 3.46. The summed E-state index contributed by atoms with van der Waals surface area (Å²) in [5, 5.41) is 3.09. The molecule has 2 aromatic heterocycles. The quantitative estimate of drug-likeness (QED) is 0.272. The SMILES string of the molecule is Cc1ccc(C(=O)N(CC(=O)N2CCc3sccc3C2c2ccc(Cl)cc2Cl)Cc2ccco2)cc1. The fraction of sp³-hybridized carbons (Fsp3) is 0.214. The molecule has 0 spiro atoms. The Morgan fingerprint density at radius 3 is 2.61 bits per heavy atom. The van der Waals surface area contributed by atoms with Crippen LogP contribution in [-0.2, 0) is 17.8 Å². The number of furan rings is 1. The van der Waals surface area contributed by atoms with E-state index in [1.54, 1.807) is 54.0 Å². The summed E-state index contributed by atoms with van der Waals surface area (Å²) in [6.07, 6.45) is 2.32. The minimum absolute atomic E-state index is 0.0887. The summed E-state index contributed by atoms with van der Waals surface area (Å²) in [5.74, 6) is 0.225. The van der Waals surface area contributed by atoms with Crippen molar-refractivity contribution in [3.8, 4) is 0 Å². The van der Waals surface area contributed by atoms with E-state index in [0.29, 0.717) is 27.9 Å². The van der Waals surface area contributed by atoms with Crippen molar-refractivity contribution in [2.24, 2.45) is 0 Å². The van der Waals surface area contributed by atoms with Crippen molar-refractivity contribution in [2.45, 2.75) is 25.9 Å². The molecule has 0 aliphatic carbocycles. The third kappa shape index (κ3) is 5.07. The Kier molecular flexibility index (Phi) is 7.19. The lowest BCUT2D eigenvalue weighted by molar-refractivity contribution is -0.134. The Labute approximate surface area is 223 Å². The molecule has 0 N–H and O–H groups in total. The summed E-state index contributed by atoms with van der Waals surface area (Å²) in [4.78, 5) is 31.9. The molecule has 1 unspecified atom stereocenters. The lowest BCUT2D eigenvalue weighted by atomic mass is 9.93. The number of fused-ring (bicyclic) bond motifs is 1. The van der Waals surface area contributed by atoms with Gasteiger partial charge < -0.3 is 14.2 Å². The highest BCUT2D eigenvalue weighted by atomic mass is 35.5. The van der Waals surface area contributed by atoms with Crippen LogP contribution in [0, 0.1) is 6.92 Å². The van der Waals surface area contributed by atoms with Gasteiger partial charge in [0.1, 0.15) is 12.3 Å². The van der Waals surface area contributed by atoms with Gasteiger partial charge in [-0.15, -0.1) is 11.3 Å². The number of hydrogen-bond acceptors (Lipinski definition) is 4. The predicted octanol–water partition coefficient (Wildman–Crippen LogP) is 6.77. The van der Waals surface area contributed by atoms with Crippen molar-refractivity contribution in [1.29, 1.82) is 0 Å². The molecular formula is C28H24Cl2N2O3S. The molecule has 1 atom stereocenters. The number of benzene rings is 2. The maximum atomic E-state index is 13.9. The minimum Gasteiger partial charge on any atom is -0.467 e. The lowest BCUT2D eigenvalue weighted by Gasteiger charge is -2.38. The van der Waals surface area contributed by atoms with Gasteiger partial charge in [0.15, 0.2) is 0 Å². The van der Waals surface area contributed by atoms with Crippen molar-refractivity contribution in [3.63, 3.8) is 0 Å². The standard InChI is InChI=1S/C28H24Cl2N2O3S/c1-18-4-6-19(7-5-18)28(34)31(16-21-3-2-13-35-21)17-26(33)32-12-10-25-23(11-14-36-25)27(32)22-9-8-20(29)15-24(22)30/h2-9,11,13-15,27H,10,12,16-17H2,1H3. The van der Waals surface area contributed by atoms with Crippen molar-refractivity contribution < 1.29 is 14.0 Å². The second-order valence-electron chi connectivity index (χ2n) is 8.81. The highest BCUT2D eigenvalue weighted by Crippen LogP contribution is 2.41. The number of thiophene rings is 1. The summed E-state index contributed by atoms with van der Waals surface area (Å²) in [6.45, 7) is 2.60. The molecule has 184 valence electrons. The number of amides is 2. The smallest absolute Gasteiger partial charge is 0.254 e.